The van der Waals surface area contributed by atoms with Gasteiger partial charge in [0.1, 0.15) is 21.3 Å². The number of sulfonamides is 1. The predicted octanol–water partition coefficient (Wildman–Crippen LogP) is 3.32. The van der Waals surface area contributed by atoms with Crippen LogP contribution in [0.15, 0.2) is 50.2 Å². The van der Waals surface area contributed by atoms with Gasteiger partial charge in [-0.15, -0.1) is 11.3 Å². The minimum Gasteiger partial charge on any atom is -0.467 e. The first kappa shape index (κ1) is 40.1. The molecular formula is C28H27ClF3N7O10S2. The summed E-state index contributed by atoms with van der Waals surface area (Å²) in [4.78, 5) is 70.8. The lowest BCUT2D eigenvalue weighted by atomic mass is 10.2. The molecule has 0 atom stereocenters. The highest BCUT2D eigenvalue weighted by Crippen LogP contribution is 2.27. The number of nitrogens with zero attached hydrogens (tertiary/aromatic N) is 5. The van der Waals surface area contributed by atoms with E-state index in [9.17, 15) is 45.6 Å². The van der Waals surface area contributed by atoms with E-state index in [1.165, 1.54) is 37.6 Å². The Kier molecular flexibility index (Phi) is 12.7. The number of thiophene rings is 1. The fourth-order valence-electron chi connectivity index (χ4n) is 3.88. The molecule has 2 amide bonds. The van der Waals surface area contributed by atoms with Gasteiger partial charge in [0.2, 0.25) is 5.95 Å². The third kappa shape index (κ3) is 9.88. The average Bonchev–Trinajstić information content (AvgIpc) is 3.53. The molecule has 4 aromatic rings. The third-order valence-corrected chi connectivity index (χ3v) is 8.76. The van der Waals surface area contributed by atoms with Gasteiger partial charge >= 0.3 is 35.8 Å². The van der Waals surface area contributed by atoms with Gasteiger partial charge in [0.15, 0.2) is 0 Å². The van der Waals surface area contributed by atoms with Crippen molar-refractivity contribution in [3.8, 4) is 11.7 Å². The normalized spacial score (nSPS) is 11.3. The van der Waals surface area contributed by atoms with Gasteiger partial charge < -0.3 is 14.2 Å². The van der Waals surface area contributed by atoms with Crippen molar-refractivity contribution in [2.24, 2.45) is 7.05 Å². The van der Waals surface area contributed by atoms with Crippen LogP contribution in [0, 0.1) is 6.92 Å². The van der Waals surface area contributed by atoms with E-state index < -0.39 is 57.2 Å². The van der Waals surface area contributed by atoms with Crippen molar-refractivity contribution in [1.82, 2.24) is 28.8 Å². The van der Waals surface area contributed by atoms with E-state index in [1.54, 1.807) is 18.6 Å². The van der Waals surface area contributed by atoms with Crippen LogP contribution in [-0.2, 0) is 32.7 Å². The number of methoxy groups -OCH3 is 2. The van der Waals surface area contributed by atoms with Crippen molar-refractivity contribution in [2.75, 3.05) is 19.5 Å². The number of anilines is 1. The number of benzene rings is 1. The number of halogens is 4. The van der Waals surface area contributed by atoms with Crippen molar-refractivity contribution >= 4 is 56.9 Å². The number of hydrogen-bond acceptors (Lipinski definition) is 14. The number of urea groups is 1. The van der Waals surface area contributed by atoms with Crippen LogP contribution >= 0.6 is 22.9 Å². The largest absolute Gasteiger partial charge is 0.467 e. The van der Waals surface area contributed by atoms with Crippen molar-refractivity contribution in [3.05, 3.63) is 83.5 Å². The summed E-state index contributed by atoms with van der Waals surface area (Å²) in [5.41, 5.74) is -4.01. The number of aromatic nitrogens is 5. The van der Waals surface area contributed by atoms with E-state index >= 15 is 0 Å². The van der Waals surface area contributed by atoms with Crippen LogP contribution in [0.1, 0.15) is 45.4 Å². The molecule has 0 aliphatic carbocycles. The van der Waals surface area contributed by atoms with Crippen LogP contribution < -0.4 is 26.0 Å². The van der Waals surface area contributed by atoms with E-state index in [2.05, 4.69) is 25.0 Å². The number of carbonyl (C=O) groups is 3. The Bertz CT molecular complexity index is 2200. The van der Waals surface area contributed by atoms with Gasteiger partial charge in [0.05, 0.1) is 36.6 Å². The van der Waals surface area contributed by atoms with Crippen molar-refractivity contribution < 1.29 is 50.2 Å². The van der Waals surface area contributed by atoms with Crippen LogP contribution in [0.25, 0.3) is 5.69 Å². The Labute approximate surface area is 295 Å². The van der Waals surface area contributed by atoms with Gasteiger partial charge in [-0.1, -0.05) is 11.6 Å². The molecule has 4 rings (SSSR count). The van der Waals surface area contributed by atoms with Crippen molar-refractivity contribution in [3.63, 3.8) is 0 Å². The molecule has 17 nitrogen and oxygen atoms in total. The molecule has 0 aliphatic heterocycles. The van der Waals surface area contributed by atoms with Gasteiger partial charge in [-0.2, -0.15) is 28.1 Å². The zero-order chi connectivity index (χ0) is 38.4. The van der Waals surface area contributed by atoms with Gasteiger partial charge in [-0.3, -0.25) is 14.7 Å². The highest BCUT2D eigenvalue weighted by atomic mass is 35.5. The summed E-state index contributed by atoms with van der Waals surface area (Å²) < 4.78 is 80.2. The lowest BCUT2D eigenvalue weighted by Gasteiger charge is -2.15. The number of nitrogens with one attached hydrogen (secondary N) is 2. The molecule has 23 heteroatoms. The Balaban J connectivity index is 0.000000276. The Morgan fingerprint density at radius 1 is 1.02 bits per heavy atom. The molecule has 274 valence electrons. The lowest BCUT2D eigenvalue weighted by molar-refractivity contribution is -0.144. The first-order valence-corrected chi connectivity index (χ1v) is 16.6. The quantitative estimate of drug-likeness (QED) is 0.246. The van der Waals surface area contributed by atoms with E-state index in [-0.39, 0.29) is 43.8 Å². The van der Waals surface area contributed by atoms with Crippen LogP contribution in [0.5, 0.6) is 6.01 Å². The molecule has 51 heavy (non-hydrogen) atoms. The van der Waals surface area contributed by atoms with Crippen LogP contribution in [-0.4, -0.2) is 70.8 Å². The number of hydrogen-bond donors (Lipinski definition) is 2. The highest BCUT2D eigenvalue weighted by molar-refractivity contribution is 7.90. The summed E-state index contributed by atoms with van der Waals surface area (Å²) in [6.07, 6.45) is -5.30. The third-order valence-electron chi connectivity index (χ3n) is 6.03. The predicted molar refractivity (Wildman–Crippen MR) is 174 cm³/mol. The van der Waals surface area contributed by atoms with E-state index in [0.717, 1.165) is 31.6 Å². The maximum Gasteiger partial charge on any atom is 0.431 e. The number of amides is 2. The van der Waals surface area contributed by atoms with Crippen LogP contribution in [0.2, 0.25) is 5.02 Å². The second-order valence-electron chi connectivity index (χ2n) is 10.0. The fourth-order valence-corrected chi connectivity index (χ4v) is 6.32. The number of alkyl halides is 3. The molecule has 0 fully saturated rings. The molecule has 0 radical (unpaired) electrons. The molecule has 3 aromatic heterocycles. The van der Waals surface area contributed by atoms with E-state index in [4.69, 9.17) is 21.1 Å². The standard InChI is InChI=1S/C16H14ClF3N2O4.C12H13N5O6S2/c1-8(2)26-14(24)10-6-9(4-5-11(10)17)22-13(23)7-12(16(18,19)20)21(3)15(22)25;1-6-13-10(16-12(14-6)23-3)15-11(19)17-25(20,21)7-4-5-24-8(7)9(18)22-2/h4-8H,1-3H3;4-5H,1-3H3,(H2,13,14,15,16,17,19). The van der Waals surface area contributed by atoms with Gasteiger partial charge in [0.25, 0.3) is 15.6 Å². The monoisotopic (exact) mass is 777 g/mol. The number of esters is 2. The molecule has 0 saturated heterocycles. The molecule has 0 bridgehead atoms. The molecule has 0 unspecified atom stereocenters. The van der Waals surface area contributed by atoms with Crippen LogP contribution in [0.4, 0.5) is 23.9 Å². The fraction of sp³-hybridized carbons (Fsp3) is 0.286. The number of carbonyl (C=O) groups excluding carboxylic acids is 3. The topological polar surface area (TPSA) is 220 Å². The minimum atomic E-state index is -4.86. The first-order chi connectivity index (χ1) is 23.7. The molecule has 1 aromatic carbocycles. The van der Waals surface area contributed by atoms with Crippen LogP contribution in [0.3, 0.4) is 0 Å². The smallest absolute Gasteiger partial charge is 0.431 e. The highest BCUT2D eigenvalue weighted by Gasteiger charge is 2.35. The summed E-state index contributed by atoms with van der Waals surface area (Å²) in [5, 5.41) is 3.55. The zero-order valence-corrected chi connectivity index (χ0v) is 29.6. The Morgan fingerprint density at radius 3 is 2.27 bits per heavy atom. The Morgan fingerprint density at radius 2 is 1.69 bits per heavy atom. The molecule has 0 saturated carbocycles. The number of rotatable bonds is 8. The first-order valence-electron chi connectivity index (χ1n) is 13.9. The summed E-state index contributed by atoms with van der Waals surface area (Å²) >= 11 is 6.81. The minimum absolute atomic E-state index is 0.0104. The number of ether oxygens (including phenoxy) is 3. The molecule has 0 aliphatic rings. The summed E-state index contributed by atoms with van der Waals surface area (Å²) in [6.45, 7) is 4.77. The molecule has 0 spiro atoms. The second kappa shape index (κ2) is 16.1. The zero-order valence-electron chi connectivity index (χ0n) is 27.2. The van der Waals surface area contributed by atoms with Gasteiger partial charge in [0, 0.05) is 13.1 Å². The maximum atomic E-state index is 12.9. The van der Waals surface area contributed by atoms with E-state index in [0.29, 0.717) is 15.2 Å². The maximum absolute atomic E-state index is 12.9. The SMILES string of the molecule is CC(C)OC(=O)c1cc(-n2c(=O)cc(C(F)(F)F)n(C)c2=O)ccc1Cl.COC(=O)c1sccc1S(=O)(=O)NC(=O)Nc1nc(C)nc(OC)n1. The summed E-state index contributed by atoms with van der Waals surface area (Å²) in [7, 11) is -0.961. The molecule has 2 N–H and O–H groups in total. The van der Waals surface area contributed by atoms with E-state index in [1.807, 2.05) is 0 Å². The van der Waals surface area contributed by atoms with Crippen molar-refractivity contribution in [2.45, 2.75) is 37.9 Å². The second-order valence-corrected chi connectivity index (χ2v) is 13.0. The lowest BCUT2D eigenvalue weighted by Crippen LogP contribution is -2.40. The van der Waals surface area contributed by atoms with Crippen molar-refractivity contribution in [1.29, 1.82) is 0 Å². The summed E-state index contributed by atoms with van der Waals surface area (Å²) in [6, 6.07) is 3.93. The average molecular weight is 778 g/mol. The summed E-state index contributed by atoms with van der Waals surface area (Å²) in [5.74, 6) is -1.55. The molecular weight excluding hydrogens is 751 g/mol. The Hall–Kier alpha value is -5.35. The van der Waals surface area contributed by atoms with Gasteiger partial charge in [-0.05, 0) is 50.4 Å². The van der Waals surface area contributed by atoms with Gasteiger partial charge in [-0.25, -0.2) is 36.9 Å². The molecule has 3 heterocycles. The number of aryl methyl sites for hydroxylation is 1.